The predicted molar refractivity (Wildman–Crippen MR) is 63.1 cm³/mol. The van der Waals surface area contributed by atoms with Gasteiger partial charge in [0, 0.05) is 30.4 Å². The highest BCUT2D eigenvalue weighted by molar-refractivity contribution is 5.87. The van der Waals surface area contributed by atoms with Gasteiger partial charge >= 0.3 is 17.8 Å². The number of halogens is 3. The zero-order chi connectivity index (χ0) is 14.5. The fraction of sp³-hybridized carbons (Fsp3) is 0.154. The van der Waals surface area contributed by atoms with E-state index in [2.05, 4.69) is 0 Å². The Morgan fingerprint density at radius 2 is 1.60 bits per heavy atom. The minimum absolute atomic E-state index is 0.318. The van der Waals surface area contributed by atoms with Crippen molar-refractivity contribution in [2.45, 2.75) is 11.8 Å². The molecule has 1 aromatic rings. The average molecular weight is 282 g/mol. The number of rotatable bonds is 5. The number of carboxylic acids is 1. The van der Waals surface area contributed by atoms with Gasteiger partial charge < -0.3 is 5.11 Å². The number of hydrogen-bond acceptors (Lipinski definition) is 3. The van der Waals surface area contributed by atoms with Crippen LogP contribution in [0.2, 0.25) is 0 Å². The highest BCUT2D eigenvalue weighted by Gasteiger charge is 2.65. The van der Waals surface area contributed by atoms with Crippen LogP contribution in [0.25, 0.3) is 0 Å². The number of nitrogens with zero attached hydrogens (tertiary/aromatic N) is 2. The molecule has 0 unspecified atom stereocenters. The Labute approximate surface area is 112 Å². The first-order valence-corrected chi connectivity index (χ1v) is 5.71. The zero-order valence-electron chi connectivity index (χ0n) is 10.0. The Morgan fingerprint density at radius 3 is 2.05 bits per heavy atom. The minimum atomic E-state index is -3.91. The fourth-order valence-electron chi connectivity index (χ4n) is 1.95. The van der Waals surface area contributed by atoms with Crippen LogP contribution in [0, 0.1) is 0 Å². The SMILES string of the molecule is O=C(O)c1cccc(C(F)(F)C(F)(N2C=C2)N2C=C2)c1. The molecule has 0 bridgehead atoms. The molecular formula is C13H9F3N2O2. The van der Waals surface area contributed by atoms with Crippen molar-refractivity contribution < 1.29 is 23.1 Å². The van der Waals surface area contributed by atoms with Crippen LogP contribution in [0.15, 0.2) is 49.1 Å². The second-order valence-corrected chi connectivity index (χ2v) is 4.46. The quantitative estimate of drug-likeness (QED) is 0.843. The molecule has 2 aliphatic rings. The third-order valence-electron chi connectivity index (χ3n) is 3.15. The standard InChI is InChI=1S/C13H9F3N2O2/c14-12(15,10-3-1-2-9(8-10)11(19)20)13(16,17-4-5-17)18-6-7-18/h1-8H,(H,19,20). The van der Waals surface area contributed by atoms with Gasteiger partial charge in [-0.25, -0.2) is 4.79 Å². The molecule has 0 aliphatic carbocycles. The van der Waals surface area contributed by atoms with Crippen LogP contribution in [0.3, 0.4) is 0 Å². The van der Waals surface area contributed by atoms with E-state index >= 15 is 0 Å². The molecule has 4 nitrogen and oxygen atoms in total. The molecule has 0 aromatic heterocycles. The summed E-state index contributed by atoms with van der Waals surface area (Å²) in [6.45, 7) is 0. The van der Waals surface area contributed by atoms with Crippen molar-refractivity contribution in [3.8, 4) is 0 Å². The van der Waals surface area contributed by atoms with E-state index in [1.807, 2.05) is 0 Å². The van der Waals surface area contributed by atoms with Crippen LogP contribution in [0.5, 0.6) is 0 Å². The first-order chi connectivity index (χ1) is 9.37. The number of hydrogen-bond donors (Lipinski definition) is 1. The predicted octanol–water partition coefficient (Wildman–Crippen LogP) is 2.67. The van der Waals surface area contributed by atoms with Gasteiger partial charge in [-0.3, -0.25) is 9.80 Å². The molecule has 0 fully saturated rings. The fourth-order valence-corrected chi connectivity index (χ4v) is 1.95. The lowest BCUT2D eigenvalue weighted by Gasteiger charge is -2.36. The zero-order valence-corrected chi connectivity index (χ0v) is 10.0. The molecule has 0 amide bonds. The maximum atomic E-state index is 14.8. The number of carbonyl (C=O) groups is 1. The molecule has 1 N–H and O–H groups in total. The largest absolute Gasteiger partial charge is 0.478 e. The van der Waals surface area contributed by atoms with Gasteiger partial charge in [0.1, 0.15) is 0 Å². The Hall–Kier alpha value is -2.44. The maximum absolute atomic E-state index is 14.8. The summed E-state index contributed by atoms with van der Waals surface area (Å²) in [6.07, 6.45) is 4.76. The van der Waals surface area contributed by atoms with E-state index in [-0.39, 0.29) is 5.56 Å². The van der Waals surface area contributed by atoms with Crippen LogP contribution in [-0.2, 0) is 5.92 Å². The van der Waals surface area contributed by atoms with E-state index in [0.29, 0.717) is 0 Å². The highest BCUT2D eigenvalue weighted by atomic mass is 19.3. The van der Waals surface area contributed by atoms with E-state index in [9.17, 15) is 18.0 Å². The van der Waals surface area contributed by atoms with Crippen LogP contribution in [0.4, 0.5) is 13.2 Å². The lowest BCUT2D eigenvalue weighted by Crippen LogP contribution is -2.54. The number of alkyl halides is 3. The molecule has 0 saturated carbocycles. The molecule has 2 heterocycles. The summed E-state index contributed by atoms with van der Waals surface area (Å²) in [7, 11) is 0. The molecule has 104 valence electrons. The lowest BCUT2D eigenvalue weighted by atomic mass is 10.0. The van der Waals surface area contributed by atoms with Gasteiger partial charge in [0.05, 0.1) is 5.56 Å². The van der Waals surface area contributed by atoms with E-state index in [1.165, 1.54) is 36.9 Å². The topological polar surface area (TPSA) is 43.3 Å². The van der Waals surface area contributed by atoms with Gasteiger partial charge in [0.25, 0.3) is 0 Å². The van der Waals surface area contributed by atoms with Crippen molar-refractivity contribution in [2.24, 2.45) is 0 Å². The van der Waals surface area contributed by atoms with Crippen molar-refractivity contribution in [3.05, 3.63) is 60.2 Å². The molecule has 0 atom stereocenters. The summed E-state index contributed by atoms with van der Waals surface area (Å²) in [4.78, 5) is 12.3. The summed E-state index contributed by atoms with van der Waals surface area (Å²) < 4.78 is 43.8. The van der Waals surface area contributed by atoms with Crippen molar-refractivity contribution in [2.75, 3.05) is 0 Å². The van der Waals surface area contributed by atoms with Gasteiger partial charge in [0.2, 0.25) is 0 Å². The summed E-state index contributed by atoms with van der Waals surface area (Å²) in [5.41, 5.74) is -1.01. The van der Waals surface area contributed by atoms with Gasteiger partial charge in [-0.2, -0.15) is 13.2 Å². The number of carboxylic acid groups (broad SMARTS) is 1. The molecule has 20 heavy (non-hydrogen) atoms. The van der Waals surface area contributed by atoms with Gasteiger partial charge in [0.15, 0.2) is 0 Å². The minimum Gasteiger partial charge on any atom is -0.478 e. The Balaban J connectivity index is 2.02. The molecule has 0 spiro atoms. The number of benzene rings is 1. The summed E-state index contributed by atoms with van der Waals surface area (Å²) in [5.74, 6) is -8.34. The van der Waals surface area contributed by atoms with E-state index in [4.69, 9.17) is 5.11 Å². The molecule has 7 heteroatoms. The summed E-state index contributed by atoms with van der Waals surface area (Å²) >= 11 is 0. The van der Waals surface area contributed by atoms with Gasteiger partial charge in [-0.15, -0.1) is 0 Å². The van der Waals surface area contributed by atoms with E-state index in [1.54, 1.807) is 0 Å². The Bertz CT molecular complexity index is 612. The second-order valence-electron chi connectivity index (χ2n) is 4.46. The smallest absolute Gasteiger partial charge is 0.345 e. The molecule has 0 saturated heterocycles. The Morgan fingerprint density at radius 1 is 1.05 bits per heavy atom. The van der Waals surface area contributed by atoms with Crippen LogP contribution in [-0.4, -0.2) is 26.8 Å². The highest BCUT2D eigenvalue weighted by Crippen LogP contribution is 2.51. The second kappa shape index (κ2) is 3.78. The Kier molecular flexibility index (Phi) is 2.38. The first-order valence-electron chi connectivity index (χ1n) is 5.71. The number of aromatic carboxylic acids is 1. The normalized spacial score (nSPS) is 16.6. The summed E-state index contributed by atoms with van der Waals surface area (Å²) in [6, 6.07) is 4.13. The van der Waals surface area contributed by atoms with Crippen LogP contribution < -0.4 is 0 Å². The monoisotopic (exact) mass is 282 g/mol. The molecular weight excluding hydrogens is 273 g/mol. The van der Waals surface area contributed by atoms with E-state index < -0.39 is 23.4 Å². The molecule has 0 radical (unpaired) electrons. The van der Waals surface area contributed by atoms with Crippen molar-refractivity contribution >= 4 is 5.97 Å². The van der Waals surface area contributed by atoms with Gasteiger partial charge in [-0.1, -0.05) is 12.1 Å². The molecule has 3 rings (SSSR count). The van der Waals surface area contributed by atoms with Crippen molar-refractivity contribution in [3.63, 3.8) is 0 Å². The third-order valence-corrected chi connectivity index (χ3v) is 3.15. The average Bonchev–Trinajstić information content (AvgIpc) is 3.30. The molecule has 2 aliphatic heterocycles. The van der Waals surface area contributed by atoms with Crippen LogP contribution in [0.1, 0.15) is 15.9 Å². The van der Waals surface area contributed by atoms with E-state index in [0.717, 1.165) is 21.9 Å². The van der Waals surface area contributed by atoms with Crippen molar-refractivity contribution in [1.82, 2.24) is 9.80 Å². The third kappa shape index (κ3) is 1.66. The summed E-state index contributed by atoms with van der Waals surface area (Å²) in [5, 5.41) is 8.84. The first kappa shape index (κ1) is 12.6. The lowest BCUT2D eigenvalue weighted by molar-refractivity contribution is -0.231. The van der Waals surface area contributed by atoms with Gasteiger partial charge in [-0.05, 0) is 12.1 Å². The van der Waals surface area contributed by atoms with Crippen LogP contribution >= 0.6 is 0 Å². The van der Waals surface area contributed by atoms with Crippen molar-refractivity contribution in [1.29, 1.82) is 0 Å². The molecule has 1 aromatic carbocycles. The maximum Gasteiger partial charge on any atom is 0.345 e.